The molecule has 8 nitrogen and oxygen atoms in total. The minimum absolute atomic E-state index is 0.107. The molecule has 2 unspecified atom stereocenters. The number of hydrogen-bond donors (Lipinski definition) is 3. The Bertz CT molecular complexity index is 511. The number of nitrogens with zero attached hydrogens (tertiary/aromatic N) is 1. The van der Waals surface area contributed by atoms with E-state index < -0.39 is 41.2 Å². The third-order valence-corrected chi connectivity index (χ3v) is 5.27. The number of fused-ring (bicyclic) bond motifs is 1. The van der Waals surface area contributed by atoms with Crippen LogP contribution in [0.25, 0.3) is 0 Å². The van der Waals surface area contributed by atoms with Gasteiger partial charge in [-0.25, -0.2) is 4.79 Å². The zero-order valence-corrected chi connectivity index (χ0v) is 12.3. The number of carboxylic acids is 1. The number of thioether (sulfide) groups is 1. The first kappa shape index (κ1) is 15.6. The molecular formula is C12H17N3O5S. The van der Waals surface area contributed by atoms with Crippen LogP contribution < -0.4 is 11.1 Å². The molecule has 4 N–H and O–H groups in total. The van der Waals surface area contributed by atoms with Crippen molar-refractivity contribution < 1.29 is 24.3 Å². The predicted octanol–water partition coefficient (Wildman–Crippen LogP) is -1.11. The molecule has 0 aliphatic carbocycles. The predicted molar refractivity (Wildman–Crippen MR) is 74.1 cm³/mol. The molecule has 2 saturated heterocycles. The van der Waals surface area contributed by atoms with Crippen LogP contribution in [0, 0.1) is 0 Å². The van der Waals surface area contributed by atoms with Crippen LogP contribution in [0.5, 0.6) is 0 Å². The second-order valence-corrected chi connectivity index (χ2v) is 6.84. The molecule has 0 aromatic heterocycles. The van der Waals surface area contributed by atoms with Gasteiger partial charge in [-0.1, -0.05) is 0 Å². The van der Waals surface area contributed by atoms with Crippen LogP contribution in [0.4, 0.5) is 0 Å². The van der Waals surface area contributed by atoms with E-state index in [1.165, 1.54) is 16.7 Å². The Balaban J connectivity index is 2.08. The largest absolute Gasteiger partial charge is 0.480 e. The Morgan fingerprint density at radius 2 is 2.24 bits per heavy atom. The highest BCUT2D eigenvalue weighted by molar-refractivity contribution is 8.01. The molecule has 0 radical (unpaired) electrons. The number of hydrogen-bond acceptors (Lipinski definition) is 5. The number of amides is 3. The Hall–Kier alpha value is -1.77. The average molecular weight is 315 g/mol. The Morgan fingerprint density at radius 3 is 2.81 bits per heavy atom. The van der Waals surface area contributed by atoms with E-state index in [2.05, 4.69) is 5.32 Å². The van der Waals surface area contributed by atoms with Gasteiger partial charge in [0.15, 0.2) is 0 Å². The number of aliphatic carboxylic acids is 1. The molecule has 2 heterocycles. The molecule has 9 heteroatoms. The van der Waals surface area contributed by atoms with Crippen molar-refractivity contribution in [2.75, 3.05) is 5.75 Å². The summed E-state index contributed by atoms with van der Waals surface area (Å²) in [6.07, 6.45) is 0.576. The molecule has 2 rings (SSSR count). The number of nitrogens with one attached hydrogen (secondary N) is 1. The first-order valence-electron chi connectivity index (χ1n) is 6.52. The fraction of sp³-hybridized carbons (Fsp3) is 0.667. The van der Waals surface area contributed by atoms with Gasteiger partial charge >= 0.3 is 5.97 Å². The third-order valence-electron chi connectivity index (χ3n) is 3.77. The van der Waals surface area contributed by atoms with Gasteiger partial charge in [0.1, 0.15) is 12.1 Å². The second-order valence-electron chi connectivity index (χ2n) is 5.34. The summed E-state index contributed by atoms with van der Waals surface area (Å²) in [4.78, 5) is 47.2. The summed E-state index contributed by atoms with van der Waals surface area (Å²) in [5, 5.41) is 11.3. The van der Waals surface area contributed by atoms with Crippen molar-refractivity contribution in [2.24, 2.45) is 5.73 Å². The Labute approximate surface area is 125 Å². The number of primary amides is 1. The van der Waals surface area contributed by atoms with Gasteiger partial charge in [0.2, 0.25) is 17.7 Å². The molecule has 0 aromatic rings. The van der Waals surface area contributed by atoms with E-state index in [-0.39, 0.29) is 5.91 Å². The number of carboxylic acid groups (broad SMARTS) is 1. The summed E-state index contributed by atoms with van der Waals surface area (Å²) < 4.78 is 0. The van der Waals surface area contributed by atoms with Gasteiger partial charge in [-0.3, -0.25) is 14.4 Å². The van der Waals surface area contributed by atoms with Gasteiger partial charge in [-0.2, -0.15) is 0 Å². The van der Waals surface area contributed by atoms with Crippen molar-refractivity contribution >= 4 is 35.5 Å². The van der Waals surface area contributed by atoms with Crippen molar-refractivity contribution in [1.29, 1.82) is 0 Å². The van der Waals surface area contributed by atoms with E-state index in [0.717, 1.165) is 0 Å². The molecule has 0 aromatic carbocycles. The smallest absolute Gasteiger partial charge is 0.326 e. The van der Waals surface area contributed by atoms with Crippen LogP contribution in [-0.4, -0.2) is 56.4 Å². The minimum atomic E-state index is -1.37. The fourth-order valence-corrected chi connectivity index (χ4v) is 4.12. The molecule has 0 spiro atoms. The number of rotatable bonds is 5. The highest BCUT2D eigenvalue weighted by atomic mass is 32.2. The lowest BCUT2D eigenvalue weighted by Gasteiger charge is -2.30. The minimum Gasteiger partial charge on any atom is -0.480 e. The zero-order chi connectivity index (χ0) is 15.8. The fourth-order valence-electron chi connectivity index (χ4n) is 2.68. The molecule has 3 amide bonds. The molecule has 0 bridgehead atoms. The molecule has 2 aliphatic rings. The van der Waals surface area contributed by atoms with E-state index in [4.69, 9.17) is 10.8 Å². The first-order chi connectivity index (χ1) is 9.74. The van der Waals surface area contributed by atoms with Crippen LogP contribution in [-0.2, 0) is 19.2 Å². The Kier molecular flexibility index (Phi) is 4.13. The van der Waals surface area contributed by atoms with Crippen molar-refractivity contribution in [2.45, 2.75) is 43.1 Å². The maximum absolute atomic E-state index is 12.2. The van der Waals surface area contributed by atoms with Crippen LogP contribution in [0.15, 0.2) is 0 Å². The Morgan fingerprint density at radius 1 is 1.57 bits per heavy atom. The van der Waals surface area contributed by atoms with Gasteiger partial charge in [-0.05, 0) is 13.3 Å². The third kappa shape index (κ3) is 2.97. The molecule has 2 fully saturated rings. The van der Waals surface area contributed by atoms with Crippen molar-refractivity contribution in [3.8, 4) is 0 Å². The van der Waals surface area contributed by atoms with Crippen LogP contribution in [0.2, 0.25) is 0 Å². The summed E-state index contributed by atoms with van der Waals surface area (Å²) in [5.74, 6) is -2.40. The van der Waals surface area contributed by atoms with E-state index in [9.17, 15) is 19.2 Å². The maximum atomic E-state index is 12.2. The van der Waals surface area contributed by atoms with Crippen LogP contribution >= 0.6 is 11.8 Å². The average Bonchev–Trinajstić information content (AvgIpc) is 2.85. The highest BCUT2D eigenvalue weighted by Crippen LogP contribution is 2.47. The summed E-state index contributed by atoms with van der Waals surface area (Å²) in [6, 6.07) is -2.07. The first-order valence-corrected chi connectivity index (χ1v) is 7.51. The van der Waals surface area contributed by atoms with Crippen molar-refractivity contribution in [3.63, 3.8) is 0 Å². The maximum Gasteiger partial charge on any atom is 0.326 e. The number of carbonyl (C=O) groups excluding carboxylic acids is 3. The molecular weight excluding hydrogens is 298 g/mol. The van der Waals surface area contributed by atoms with E-state index in [0.29, 0.717) is 18.6 Å². The van der Waals surface area contributed by atoms with Gasteiger partial charge in [-0.15, -0.1) is 11.8 Å². The standard InChI is InChI=1S/C12H17N3O5S/c1-12-3-2-9(17)15(12)7(5-21-12)10(18)14-6(11(19)20)4-8(13)16/h6-7H,2-5H2,1H3,(H2,13,16)(H,14,18)(H,19,20)/t6-,7?,12?/m0/s1. The summed E-state index contributed by atoms with van der Waals surface area (Å²) in [7, 11) is 0. The normalized spacial score (nSPS) is 29.1. The zero-order valence-electron chi connectivity index (χ0n) is 11.5. The molecule has 2 aliphatic heterocycles. The highest BCUT2D eigenvalue weighted by Gasteiger charge is 2.53. The van der Waals surface area contributed by atoms with E-state index >= 15 is 0 Å². The topological polar surface area (TPSA) is 130 Å². The van der Waals surface area contributed by atoms with Crippen molar-refractivity contribution in [1.82, 2.24) is 10.2 Å². The van der Waals surface area contributed by atoms with Gasteiger partial charge in [0, 0.05) is 12.2 Å². The lowest BCUT2D eigenvalue weighted by molar-refractivity contribution is -0.145. The molecule has 3 atom stereocenters. The number of carbonyl (C=O) groups is 4. The lowest BCUT2D eigenvalue weighted by atomic mass is 10.1. The monoisotopic (exact) mass is 315 g/mol. The lowest BCUT2D eigenvalue weighted by Crippen LogP contribution is -2.54. The van der Waals surface area contributed by atoms with E-state index in [1.54, 1.807) is 0 Å². The molecule has 21 heavy (non-hydrogen) atoms. The second kappa shape index (κ2) is 5.55. The SMILES string of the molecule is CC12CCC(=O)N1C(C(=O)N[C@@H](CC(N)=O)C(=O)O)CS2. The summed E-state index contributed by atoms with van der Waals surface area (Å²) in [6.45, 7) is 1.90. The quantitative estimate of drug-likeness (QED) is 0.589. The van der Waals surface area contributed by atoms with Gasteiger partial charge in [0.25, 0.3) is 0 Å². The van der Waals surface area contributed by atoms with Crippen molar-refractivity contribution in [3.05, 3.63) is 0 Å². The molecule has 0 saturated carbocycles. The summed E-state index contributed by atoms with van der Waals surface area (Å²) in [5.41, 5.74) is 4.97. The van der Waals surface area contributed by atoms with Gasteiger partial charge in [0.05, 0.1) is 11.3 Å². The summed E-state index contributed by atoms with van der Waals surface area (Å²) >= 11 is 1.51. The van der Waals surface area contributed by atoms with Gasteiger partial charge < -0.3 is 21.1 Å². The van der Waals surface area contributed by atoms with E-state index in [1.807, 2.05) is 6.92 Å². The number of nitrogens with two attached hydrogens (primary N) is 1. The van der Waals surface area contributed by atoms with Crippen LogP contribution in [0.3, 0.4) is 0 Å². The molecule has 116 valence electrons. The van der Waals surface area contributed by atoms with Crippen LogP contribution in [0.1, 0.15) is 26.2 Å².